The van der Waals surface area contributed by atoms with Crippen molar-refractivity contribution in [3.8, 4) is 0 Å². The Labute approximate surface area is 120 Å². The third kappa shape index (κ3) is 25.9. The van der Waals surface area contributed by atoms with E-state index < -0.39 is 12.6 Å². The molecule has 0 unspecified atom stereocenters. The van der Waals surface area contributed by atoms with E-state index >= 15 is 0 Å². The molecule has 0 aromatic carbocycles. The molecule has 0 heterocycles. The largest absolute Gasteiger partial charge is 0.480 e. The highest BCUT2D eigenvalue weighted by Crippen LogP contribution is 1.84. The van der Waals surface area contributed by atoms with Crippen molar-refractivity contribution in [3.63, 3.8) is 0 Å². The van der Waals surface area contributed by atoms with Gasteiger partial charge >= 0.3 is 5.97 Å². The minimum atomic E-state index is -1.19. The summed E-state index contributed by atoms with van der Waals surface area (Å²) >= 11 is 0. The summed E-state index contributed by atoms with van der Waals surface area (Å²) in [4.78, 5) is 9.12. The first-order valence-corrected chi connectivity index (χ1v) is 6.65. The van der Waals surface area contributed by atoms with Crippen molar-refractivity contribution in [1.29, 1.82) is 0 Å². The molecule has 0 aromatic rings. The van der Waals surface area contributed by atoms with Crippen molar-refractivity contribution >= 4 is 5.97 Å². The summed E-state index contributed by atoms with van der Waals surface area (Å²) in [5, 5.41) is 15.0. The number of hydrogen-bond acceptors (Lipinski definition) is 7. The predicted molar refractivity (Wildman–Crippen MR) is 74.5 cm³/mol. The normalized spacial score (nSPS) is 9.95. The van der Waals surface area contributed by atoms with Gasteiger partial charge in [-0.3, -0.25) is 0 Å². The zero-order valence-electron chi connectivity index (χ0n) is 12.0. The van der Waals surface area contributed by atoms with Crippen LogP contribution in [-0.4, -0.2) is 75.5 Å². The maximum absolute atomic E-state index is 9.12. The third-order valence-corrected chi connectivity index (χ3v) is 1.86. The third-order valence-electron chi connectivity index (χ3n) is 1.86. The van der Waals surface area contributed by atoms with Crippen LogP contribution in [0.15, 0.2) is 0 Å². The van der Waals surface area contributed by atoms with Crippen LogP contribution in [0, 0.1) is 0 Å². The maximum Gasteiger partial charge on any atom is 0.329 e. The molecule has 8 heteroatoms. The van der Waals surface area contributed by atoms with Crippen molar-refractivity contribution in [2.24, 2.45) is 11.5 Å². The smallest absolute Gasteiger partial charge is 0.329 e. The number of nitrogens with two attached hydrogens (primary N) is 2. The van der Waals surface area contributed by atoms with Crippen LogP contribution in [0.1, 0.15) is 12.8 Å². The Hall–Kier alpha value is -0.770. The van der Waals surface area contributed by atoms with Gasteiger partial charge in [0, 0.05) is 13.2 Å². The lowest BCUT2D eigenvalue weighted by molar-refractivity contribution is -0.140. The number of aliphatic hydroxyl groups excluding tert-OH is 1. The lowest BCUT2D eigenvalue weighted by atomic mass is 10.5. The number of carboxylic acid groups (broad SMARTS) is 1. The van der Waals surface area contributed by atoms with Crippen LogP contribution in [0.5, 0.6) is 0 Å². The molecule has 122 valence electrons. The fourth-order valence-electron chi connectivity index (χ4n) is 0.913. The van der Waals surface area contributed by atoms with E-state index in [1.54, 1.807) is 0 Å². The molecule has 0 aliphatic rings. The molecule has 0 saturated carbocycles. The second kappa shape index (κ2) is 20.5. The Kier molecular flexibility index (Phi) is 22.1. The van der Waals surface area contributed by atoms with Crippen LogP contribution in [0.3, 0.4) is 0 Å². The van der Waals surface area contributed by atoms with Crippen molar-refractivity contribution < 1.29 is 29.2 Å². The molecule has 0 bridgehead atoms. The number of carboxylic acids is 1. The number of ether oxygens (including phenoxy) is 3. The van der Waals surface area contributed by atoms with Gasteiger partial charge in [-0.05, 0) is 25.9 Å². The van der Waals surface area contributed by atoms with Gasteiger partial charge in [0.25, 0.3) is 0 Å². The second-order valence-electron chi connectivity index (χ2n) is 3.67. The highest BCUT2D eigenvalue weighted by molar-refractivity contribution is 5.67. The summed E-state index contributed by atoms with van der Waals surface area (Å²) in [7, 11) is 0. The van der Waals surface area contributed by atoms with E-state index in [0.29, 0.717) is 52.7 Å². The molecule has 0 aromatic heterocycles. The molecule has 8 nitrogen and oxygen atoms in total. The average Bonchev–Trinajstić information content (AvgIpc) is 2.45. The van der Waals surface area contributed by atoms with Gasteiger partial charge in [0.05, 0.1) is 26.4 Å². The van der Waals surface area contributed by atoms with Gasteiger partial charge < -0.3 is 35.9 Å². The molecular weight excluding hydrogens is 268 g/mol. The van der Waals surface area contributed by atoms with Crippen molar-refractivity contribution in [2.45, 2.75) is 12.8 Å². The highest BCUT2D eigenvalue weighted by atomic mass is 16.5. The molecule has 0 rings (SSSR count). The molecule has 0 aliphatic heterocycles. The van der Waals surface area contributed by atoms with Gasteiger partial charge in [-0.15, -0.1) is 0 Å². The molecule has 0 aliphatic carbocycles. The molecule has 6 N–H and O–H groups in total. The molecule has 0 atom stereocenters. The summed E-state index contributed by atoms with van der Waals surface area (Å²) in [6.45, 7) is 4.49. The Morgan fingerprint density at radius 3 is 1.35 bits per heavy atom. The van der Waals surface area contributed by atoms with Crippen molar-refractivity contribution in [2.75, 3.05) is 59.3 Å². The molecule has 20 heavy (non-hydrogen) atoms. The Morgan fingerprint density at radius 1 is 0.800 bits per heavy atom. The monoisotopic (exact) mass is 296 g/mol. The standard InChI is InChI=1S/C10H24N2O3.C2H4O3/c11-3-1-5-13-7-9-15-10-8-14-6-2-4-12;3-1-2(4)5/h1-12H2;3H,1H2,(H,4,5). The summed E-state index contributed by atoms with van der Waals surface area (Å²) < 4.78 is 15.8. The average molecular weight is 296 g/mol. The number of carbonyl (C=O) groups is 1. The van der Waals surface area contributed by atoms with Crippen molar-refractivity contribution in [1.82, 2.24) is 0 Å². The minimum Gasteiger partial charge on any atom is -0.480 e. The lowest BCUT2D eigenvalue weighted by Gasteiger charge is -2.06. The van der Waals surface area contributed by atoms with E-state index in [0.717, 1.165) is 12.8 Å². The summed E-state index contributed by atoms with van der Waals surface area (Å²) in [5.41, 5.74) is 10.6. The zero-order chi connectivity index (χ0) is 15.5. The number of rotatable bonds is 13. The molecule has 0 radical (unpaired) electrons. The Bertz CT molecular complexity index is 183. The Morgan fingerprint density at radius 2 is 1.10 bits per heavy atom. The summed E-state index contributed by atoms with van der Waals surface area (Å²) in [6.07, 6.45) is 1.81. The molecule has 0 spiro atoms. The van der Waals surface area contributed by atoms with Crippen LogP contribution in [0.25, 0.3) is 0 Å². The predicted octanol–water partition coefficient (Wildman–Crippen LogP) is -1.20. The first-order valence-electron chi connectivity index (χ1n) is 6.65. The number of aliphatic hydroxyl groups is 1. The van der Waals surface area contributed by atoms with Crippen LogP contribution in [0.4, 0.5) is 0 Å². The SMILES string of the molecule is NCCCOCCOCCOCCCN.O=C(O)CO. The number of aliphatic carboxylic acids is 1. The first-order chi connectivity index (χ1) is 9.68. The Balaban J connectivity index is 0. The van der Waals surface area contributed by atoms with E-state index in [1.807, 2.05) is 0 Å². The molecule has 0 saturated heterocycles. The van der Waals surface area contributed by atoms with Crippen molar-refractivity contribution in [3.05, 3.63) is 0 Å². The fraction of sp³-hybridized carbons (Fsp3) is 0.917. The topological polar surface area (TPSA) is 137 Å². The van der Waals surface area contributed by atoms with Gasteiger partial charge in [0.2, 0.25) is 0 Å². The molecule has 0 amide bonds. The van der Waals surface area contributed by atoms with Crippen LogP contribution in [-0.2, 0) is 19.0 Å². The highest BCUT2D eigenvalue weighted by Gasteiger charge is 1.91. The van der Waals surface area contributed by atoms with Gasteiger partial charge in [-0.25, -0.2) is 4.79 Å². The quantitative estimate of drug-likeness (QED) is 0.311. The van der Waals surface area contributed by atoms with Gasteiger partial charge in [0.1, 0.15) is 6.61 Å². The van der Waals surface area contributed by atoms with Crippen LogP contribution >= 0.6 is 0 Å². The van der Waals surface area contributed by atoms with Gasteiger partial charge in [0.15, 0.2) is 0 Å². The van der Waals surface area contributed by atoms with E-state index in [1.165, 1.54) is 0 Å². The second-order valence-corrected chi connectivity index (χ2v) is 3.67. The fourth-order valence-corrected chi connectivity index (χ4v) is 0.913. The van der Waals surface area contributed by atoms with E-state index in [-0.39, 0.29) is 0 Å². The summed E-state index contributed by atoms with van der Waals surface area (Å²) in [5.74, 6) is -1.19. The number of hydrogen-bond donors (Lipinski definition) is 4. The van der Waals surface area contributed by atoms with E-state index in [2.05, 4.69) is 0 Å². The first kappa shape index (κ1) is 21.5. The minimum absolute atomic E-state index is 0.616. The van der Waals surface area contributed by atoms with Gasteiger partial charge in [-0.1, -0.05) is 0 Å². The van der Waals surface area contributed by atoms with Crippen LogP contribution < -0.4 is 11.5 Å². The van der Waals surface area contributed by atoms with E-state index in [9.17, 15) is 0 Å². The van der Waals surface area contributed by atoms with Crippen LogP contribution in [0.2, 0.25) is 0 Å². The maximum atomic E-state index is 9.12. The van der Waals surface area contributed by atoms with Gasteiger partial charge in [-0.2, -0.15) is 0 Å². The van der Waals surface area contributed by atoms with E-state index in [4.69, 9.17) is 40.7 Å². The lowest BCUT2D eigenvalue weighted by Crippen LogP contribution is -2.12. The molecule has 0 fully saturated rings. The molecular formula is C12H28N2O6. The zero-order valence-corrected chi connectivity index (χ0v) is 12.0. The summed E-state index contributed by atoms with van der Waals surface area (Å²) in [6, 6.07) is 0.